The van der Waals surface area contributed by atoms with Gasteiger partial charge in [0.1, 0.15) is 12.3 Å². The lowest BCUT2D eigenvalue weighted by Gasteiger charge is -2.16. The fourth-order valence-corrected chi connectivity index (χ4v) is 3.90. The summed E-state index contributed by atoms with van der Waals surface area (Å²) < 4.78 is 21.7. The zero-order valence-electron chi connectivity index (χ0n) is 19.4. The fourth-order valence-electron chi connectivity index (χ4n) is 3.56. The van der Waals surface area contributed by atoms with Gasteiger partial charge in [0, 0.05) is 31.8 Å². The van der Waals surface area contributed by atoms with E-state index in [-0.39, 0.29) is 36.5 Å². The number of imidazole rings is 1. The molecule has 8 N–H and O–H groups in total. The molecule has 1 aliphatic heterocycles. The van der Waals surface area contributed by atoms with Crippen LogP contribution in [0.4, 0.5) is 5.95 Å². The fraction of sp³-hybridized carbons (Fsp3) is 0.368. The maximum Gasteiger partial charge on any atom is 0.469 e. The van der Waals surface area contributed by atoms with Crippen molar-refractivity contribution in [3.63, 3.8) is 0 Å². The lowest BCUT2D eigenvalue weighted by molar-refractivity contribution is -0.116. The Hall–Kier alpha value is -3.93. The van der Waals surface area contributed by atoms with Gasteiger partial charge in [0.15, 0.2) is 11.2 Å². The van der Waals surface area contributed by atoms with Crippen molar-refractivity contribution in [1.29, 1.82) is 0 Å². The molecule has 19 heteroatoms. The lowest BCUT2D eigenvalue weighted by atomic mass is 10.2. The molecule has 204 valence electrons. The molecule has 18 nitrogen and oxygen atoms in total. The molecule has 1 amide bonds. The minimum atomic E-state index is -4.79. The Kier molecular flexibility index (Phi) is 8.00. The molecule has 1 fully saturated rings. The number of nitrogens with one attached hydrogen (secondary N) is 5. The highest BCUT2D eigenvalue weighted by Crippen LogP contribution is 2.38. The lowest BCUT2D eigenvalue weighted by Crippen LogP contribution is -2.33. The molecule has 0 radical (unpaired) electrons. The van der Waals surface area contributed by atoms with Crippen molar-refractivity contribution in [2.45, 2.75) is 24.9 Å². The average Bonchev–Trinajstić information content (AvgIpc) is 3.46. The van der Waals surface area contributed by atoms with Crippen LogP contribution in [0.2, 0.25) is 0 Å². The molecule has 0 aliphatic carbocycles. The van der Waals surface area contributed by atoms with Crippen molar-refractivity contribution in [3.8, 4) is 0 Å². The van der Waals surface area contributed by atoms with Crippen molar-refractivity contribution in [1.82, 2.24) is 34.8 Å². The Bertz CT molecular complexity index is 1570. The first-order valence-electron chi connectivity index (χ1n) is 11.0. The molecule has 3 aromatic rings. The second-order valence-corrected chi connectivity index (χ2v) is 9.27. The monoisotopic (exact) mass is 554 g/mol. The van der Waals surface area contributed by atoms with Crippen LogP contribution in [-0.4, -0.2) is 82.2 Å². The standard InChI is InChI=1S/C19H23N8O10P/c28-10-5-13(37-11(10)7-36-38(33,34)35)27-6-9(16(30)26-19(27)32)1-2-12(29)20-3-4-21-18-24-15-14(17(31)25-18)22-8-23-15/h1-2,6,8,10-11,13,28H,3-5,7H2,(H,20,29)(H,26,30,32)(H2,33,34,35)(H3,21,22,23,24,25,31)/b2-1+/t10?,11-,13-/m1/s1. The third-order valence-corrected chi connectivity index (χ3v) is 5.82. The minimum Gasteiger partial charge on any atom is -0.390 e. The highest BCUT2D eigenvalue weighted by molar-refractivity contribution is 7.46. The first-order chi connectivity index (χ1) is 18.0. The summed E-state index contributed by atoms with van der Waals surface area (Å²) in [6.07, 6.45) is 1.20. The molecule has 0 aromatic carbocycles. The predicted octanol–water partition coefficient (Wildman–Crippen LogP) is -2.50. The van der Waals surface area contributed by atoms with Crippen LogP contribution in [0.15, 0.2) is 33.0 Å². The third kappa shape index (κ3) is 6.68. The van der Waals surface area contributed by atoms with Gasteiger partial charge in [0.2, 0.25) is 11.9 Å². The summed E-state index contributed by atoms with van der Waals surface area (Å²) in [5, 5.41) is 15.5. The molecular formula is C19H23N8O10P. The first-order valence-corrected chi connectivity index (χ1v) is 12.6. The molecule has 0 bridgehead atoms. The van der Waals surface area contributed by atoms with Crippen molar-refractivity contribution in [2.75, 3.05) is 25.0 Å². The maximum absolute atomic E-state index is 12.3. The van der Waals surface area contributed by atoms with E-state index in [4.69, 9.17) is 14.5 Å². The summed E-state index contributed by atoms with van der Waals surface area (Å²) in [7, 11) is -4.79. The predicted molar refractivity (Wildman–Crippen MR) is 129 cm³/mol. The molecule has 3 aromatic heterocycles. The van der Waals surface area contributed by atoms with Crippen LogP contribution < -0.4 is 27.4 Å². The Morgan fingerprint density at radius 3 is 2.82 bits per heavy atom. The van der Waals surface area contributed by atoms with Gasteiger partial charge in [-0.3, -0.25) is 33.4 Å². The largest absolute Gasteiger partial charge is 0.469 e. The average molecular weight is 554 g/mol. The molecular weight excluding hydrogens is 531 g/mol. The summed E-state index contributed by atoms with van der Waals surface area (Å²) in [6, 6.07) is 0. The van der Waals surface area contributed by atoms with E-state index in [2.05, 4.69) is 40.1 Å². The third-order valence-electron chi connectivity index (χ3n) is 5.34. The van der Waals surface area contributed by atoms with Crippen molar-refractivity contribution >= 4 is 36.9 Å². The highest BCUT2D eigenvalue weighted by atomic mass is 31.2. The number of aromatic amines is 3. The van der Waals surface area contributed by atoms with Gasteiger partial charge in [-0.1, -0.05) is 0 Å². The number of aromatic nitrogens is 6. The van der Waals surface area contributed by atoms with Crippen LogP contribution in [0.1, 0.15) is 18.2 Å². The van der Waals surface area contributed by atoms with Crippen LogP contribution in [0.25, 0.3) is 17.2 Å². The molecule has 3 atom stereocenters. The normalized spacial score (nSPS) is 19.8. The van der Waals surface area contributed by atoms with E-state index >= 15 is 0 Å². The van der Waals surface area contributed by atoms with E-state index in [9.17, 15) is 28.8 Å². The van der Waals surface area contributed by atoms with E-state index in [1.807, 2.05) is 0 Å². The van der Waals surface area contributed by atoms with Gasteiger partial charge in [0.25, 0.3) is 11.1 Å². The van der Waals surface area contributed by atoms with Gasteiger partial charge < -0.3 is 35.2 Å². The maximum atomic E-state index is 12.3. The topological polar surface area (TPSA) is 267 Å². The van der Waals surface area contributed by atoms with Crippen LogP contribution in [0.3, 0.4) is 0 Å². The number of H-pyrrole nitrogens is 3. The van der Waals surface area contributed by atoms with Crippen LogP contribution in [0.5, 0.6) is 0 Å². The van der Waals surface area contributed by atoms with Crippen molar-refractivity contribution < 1.29 is 33.5 Å². The molecule has 0 spiro atoms. The number of carbonyl (C=O) groups is 1. The summed E-state index contributed by atoms with van der Waals surface area (Å²) in [4.78, 5) is 81.4. The van der Waals surface area contributed by atoms with E-state index < -0.39 is 55.6 Å². The van der Waals surface area contributed by atoms with E-state index in [1.54, 1.807) is 0 Å². The Labute approximate surface area is 211 Å². The second-order valence-electron chi connectivity index (χ2n) is 8.03. The number of hydrogen-bond acceptors (Lipinski definition) is 11. The van der Waals surface area contributed by atoms with Gasteiger partial charge in [-0.15, -0.1) is 0 Å². The molecule has 1 unspecified atom stereocenters. The number of fused-ring (bicyclic) bond motifs is 1. The van der Waals surface area contributed by atoms with E-state index in [0.29, 0.717) is 5.65 Å². The number of ether oxygens (including phenoxy) is 1. The number of amides is 1. The molecule has 4 heterocycles. The molecule has 4 rings (SSSR count). The number of phosphoric ester groups is 1. The van der Waals surface area contributed by atoms with Crippen LogP contribution in [-0.2, 0) is 18.6 Å². The summed E-state index contributed by atoms with van der Waals surface area (Å²) in [6.45, 7) is -0.275. The minimum absolute atomic E-state index is 0.0690. The van der Waals surface area contributed by atoms with Gasteiger partial charge in [0.05, 0.1) is 24.6 Å². The summed E-state index contributed by atoms with van der Waals surface area (Å²) >= 11 is 0. The Morgan fingerprint density at radius 1 is 1.26 bits per heavy atom. The van der Waals surface area contributed by atoms with Crippen molar-refractivity contribution in [2.24, 2.45) is 0 Å². The zero-order chi connectivity index (χ0) is 27.4. The zero-order valence-corrected chi connectivity index (χ0v) is 20.3. The van der Waals surface area contributed by atoms with Gasteiger partial charge in [-0.25, -0.2) is 14.3 Å². The van der Waals surface area contributed by atoms with Crippen LogP contribution >= 0.6 is 7.82 Å². The molecule has 0 saturated carbocycles. The molecule has 1 aliphatic rings. The number of aliphatic hydroxyl groups excluding tert-OH is 1. The quantitative estimate of drug-likeness (QED) is 0.0732. The van der Waals surface area contributed by atoms with Crippen molar-refractivity contribution in [3.05, 3.63) is 55.4 Å². The smallest absolute Gasteiger partial charge is 0.390 e. The highest BCUT2D eigenvalue weighted by Gasteiger charge is 2.37. The molecule has 38 heavy (non-hydrogen) atoms. The van der Waals surface area contributed by atoms with Gasteiger partial charge >= 0.3 is 13.5 Å². The summed E-state index contributed by atoms with van der Waals surface area (Å²) in [5.74, 6) is -0.378. The number of carbonyl (C=O) groups excluding carboxylic acids is 1. The number of phosphoric acid groups is 1. The SMILES string of the molecule is O=C(/C=C/c1cn([C@H]2CC(O)[C@@H](COP(=O)(O)O)O2)c(=O)[nH]c1=O)NCCNc1nc2[nH]cnc2c(=O)[nH]1. The number of hydrogen-bond donors (Lipinski definition) is 8. The Morgan fingerprint density at radius 2 is 2.05 bits per heavy atom. The van der Waals surface area contributed by atoms with E-state index in [0.717, 1.165) is 16.8 Å². The number of rotatable bonds is 10. The van der Waals surface area contributed by atoms with Crippen LogP contribution in [0, 0.1) is 0 Å². The van der Waals surface area contributed by atoms with E-state index in [1.165, 1.54) is 12.4 Å². The van der Waals surface area contributed by atoms with Gasteiger partial charge in [-0.2, -0.15) is 4.98 Å². The summed E-state index contributed by atoms with van der Waals surface area (Å²) in [5.41, 5.74) is -1.66. The second kappa shape index (κ2) is 11.2. The molecule has 1 saturated heterocycles. The number of anilines is 1. The number of nitrogens with zero attached hydrogens (tertiary/aromatic N) is 3. The Balaban J connectivity index is 1.33. The first kappa shape index (κ1) is 27.1. The van der Waals surface area contributed by atoms with Gasteiger partial charge in [-0.05, 0) is 6.08 Å². The number of aliphatic hydroxyl groups is 1.